The molecule has 6 nitrogen and oxygen atoms in total. The van der Waals surface area contributed by atoms with Crippen LogP contribution in [-0.4, -0.2) is 59.5 Å². The molecule has 206 valence electrons. The van der Waals surface area contributed by atoms with Crippen molar-refractivity contribution in [3.05, 3.63) is 108 Å². The highest BCUT2D eigenvalue weighted by atomic mass is 16.5. The first-order valence-corrected chi connectivity index (χ1v) is 13.3. The first-order chi connectivity index (χ1) is 18.7. The molecule has 0 aliphatic heterocycles. The fraction of sp³-hybridized carbons (Fsp3) is 0.438. The summed E-state index contributed by atoms with van der Waals surface area (Å²) in [5, 5.41) is 0. The third kappa shape index (κ3) is 13.3. The normalized spacial score (nSPS) is 11.6. The van der Waals surface area contributed by atoms with Crippen molar-refractivity contribution in [2.24, 2.45) is 5.41 Å². The molecule has 0 saturated heterocycles. The summed E-state index contributed by atoms with van der Waals surface area (Å²) in [5.41, 5.74) is 3.17. The summed E-state index contributed by atoms with van der Waals surface area (Å²) in [4.78, 5) is 0. The van der Waals surface area contributed by atoms with E-state index in [1.165, 1.54) is 0 Å². The van der Waals surface area contributed by atoms with Crippen molar-refractivity contribution >= 4 is 0 Å². The van der Waals surface area contributed by atoms with Crippen molar-refractivity contribution in [3.63, 3.8) is 0 Å². The van der Waals surface area contributed by atoms with Crippen LogP contribution in [0.1, 0.15) is 23.6 Å². The van der Waals surface area contributed by atoms with Crippen LogP contribution in [0.5, 0.6) is 0 Å². The molecule has 3 aromatic rings. The third-order valence-electron chi connectivity index (χ3n) is 5.80. The summed E-state index contributed by atoms with van der Waals surface area (Å²) in [5.74, 6) is 0. The maximum atomic E-state index is 5.96. The Kier molecular flexibility index (Phi) is 14.7. The van der Waals surface area contributed by atoms with E-state index in [0.717, 1.165) is 16.7 Å². The minimum atomic E-state index is -0.293. The van der Waals surface area contributed by atoms with Gasteiger partial charge in [-0.05, 0) is 16.7 Å². The monoisotopic (exact) mass is 522 g/mol. The van der Waals surface area contributed by atoms with Crippen LogP contribution < -0.4 is 0 Å². The molecule has 3 rings (SSSR count). The van der Waals surface area contributed by atoms with Gasteiger partial charge < -0.3 is 28.4 Å². The van der Waals surface area contributed by atoms with E-state index in [4.69, 9.17) is 28.4 Å². The molecule has 0 spiro atoms. The Labute approximate surface area is 227 Å². The lowest BCUT2D eigenvalue weighted by molar-refractivity contribution is -0.0812. The average Bonchev–Trinajstić information content (AvgIpc) is 2.96. The lowest BCUT2D eigenvalue weighted by Gasteiger charge is -2.29. The number of rotatable bonds is 21. The lowest BCUT2D eigenvalue weighted by atomic mass is 9.94. The van der Waals surface area contributed by atoms with Crippen molar-refractivity contribution in [3.8, 4) is 0 Å². The summed E-state index contributed by atoms with van der Waals surface area (Å²) in [6.07, 6.45) is 0. The van der Waals surface area contributed by atoms with Crippen molar-refractivity contribution in [2.75, 3.05) is 59.5 Å². The van der Waals surface area contributed by atoms with E-state index < -0.39 is 0 Å². The molecule has 0 N–H and O–H groups in total. The Hall–Kier alpha value is -2.58. The molecule has 0 fully saturated rings. The van der Waals surface area contributed by atoms with Gasteiger partial charge in [0.05, 0.1) is 79.3 Å². The van der Waals surface area contributed by atoms with Crippen LogP contribution >= 0.6 is 0 Å². The minimum absolute atomic E-state index is 0.293. The first-order valence-electron chi connectivity index (χ1n) is 13.3. The standard InChI is InChI=1S/C32H42O6/c1-32(26-36-20-17-33-23-29-11-5-2-6-12-29,27-37-21-18-34-24-30-13-7-3-8-14-30)28-38-22-19-35-25-31-15-9-4-10-16-31/h2-16H,17-28H2,1H3. The third-order valence-corrected chi connectivity index (χ3v) is 5.80. The maximum Gasteiger partial charge on any atom is 0.0718 e. The van der Waals surface area contributed by atoms with Crippen LogP contribution in [0, 0.1) is 5.41 Å². The Bertz CT molecular complexity index is 826. The summed E-state index contributed by atoms with van der Waals surface area (Å²) >= 11 is 0. The molecule has 3 aromatic carbocycles. The van der Waals surface area contributed by atoms with Crippen LogP contribution in [0.15, 0.2) is 91.0 Å². The highest BCUT2D eigenvalue weighted by Gasteiger charge is 2.26. The summed E-state index contributed by atoms with van der Waals surface area (Å²) in [6.45, 7) is 8.56. The van der Waals surface area contributed by atoms with Crippen LogP contribution in [0.25, 0.3) is 0 Å². The fourth-order valence-corrected chi connectivity index (χ4v) is 3.73. The van der Waals surface area contributed by atoms with Gasteiger partial charge in [-0.2, -0.15) is 0 Å². The zero-order valence-electron chi connectivity index (χ0n) is 22.6. The topological polar surface area (TPSA) is 55.4 Å². The van der Waals surface area contributed by atoms with Gasteiger partial charge >= 0.3 is 0 Å². The second-order valence-electron chi connectivity index (χ2n) is 9.58. The Balaban J connectivity index is 1.31. The molecule has 0 saturated carbocycles. The van der Waals surface area contributed by atoms with Crippen molar-refractivity contribution in [1.29, 1.82) is 0 Å². The smallest absolute Gasteiger partial charge is 0.0718 e. The molecule has 0 radical (unpaired) electrons. The van der Waals surface area contributed by atoms with Gasteiger partial charge in [-0.1, -0.05) is 97.9 Å². The molecule has 0 atom stereocenters. The molecular formula is C32H42O6. The van der Waals surface area contributed by atoms with E-state index in [1.54, 1.807) is 0 Å². The Morgan fingerprint density at radius 3 is 0.947 bits per heavy atom. The van der Waals surface area contributed by atoms with Gasteiger partial charge in [0.2, 0.25) is 0 Å². The van der Waals surface area contributed by atoms with E-state index in [1.807, 2.05) is 54.6 Å². The van der Waals surface area contributed by atoms with Crippen LogP contribution in [0.2, 0.25) is 0 Å². The summed E-state index contributed by atoms with van der Waals surface area (Å²) in [7, 11) is 0. The zero-order chi connectivity index (χ0) is 26.6. The van der Waals surface area contributed by atoms with Gasteiger partial charge in [0.15, 0.2) is 0 Å². The van der Waals surface area contributed by atoms with E-state index in [-0.39, 0.29) is 5.41 Å². The minimum Gasteiger partial charge on any atom is -0.378 e. The van der Waals surface area contributed by atoms with Crippen molar-refractivity contribution in [2.45, 2.75) is 26.7 Å². The van der Waals surface area contributed by atoms with E-state index in [9.17, 15) is 0 Å². The van der Waals surface area contributed by atoms with Crippen molar-refractivity contribution < 1.29 is 28.4 Å². The van der Waals surface area contributed by atoms with Gasteiger partial charge in [0.1, 0.15) is 0 Å². The van der Waals surface area contributed by atoms with Gasteiger partial charge in [0, 0.05) is 5.41 Å². The summed E-state index contributed by atoms with van der Waals surface area (Å²) in [6, 6.07) is 30.4. The Morgan fingerprint density at radius 2 is 0.658 bits per heavy atom. The predicted octanol–water partition coefficient (Wildman–Crippen LogP) is 5.69. The van der Waals surface area contributed by atoms with Crippen LogP contribution in [0.4, 0.5) is 0 Å². The Morgan fingerprint density at radius 1 is 0.395 bits per heavy atom. The van der Waals surface area contributed by atoms with E-state index in [0.29, 0.717) is 79.3 Å². The second-order valence-corrected chi connectivity index (χ2v) is 9.58. The molecule has 6 heteroatoms. The summed E-state index contributed by atoms with van der Waals surface area (Å²) < 4.78 is 35.1. The zero-order valence-corrected chi connectivity index (χ0v) is 22.6. The fourth-order valence-electron chi connectivity index (χ4n) is 3.73. The number of hydrogen-bond acceptors (Lipinski definition) is 6. The highest BCUT2D eigenvalue weighted by Crippen LogP contribution is 2.18. The SMILES string of the molecule is CC(COCCOCc1ccccc1)(COCCOCc1ccccc1)COCCOCc1ccccc1. The van der Waals surface area contributed by atoms with Gasteiger partial charge in [-0.3, -0.25) is 0 Å². The van der Waals surface area contributed by atoms with Gasteiger partial charge in [0.25, 0.3) is 0 Å². The molecule has 0 bridgehead atoms. The van der Waals surface area contributed by atoms with Crippen molar-refractivity contribution in [1.82, 2.24) is 0 Å². The number of hydrogen-bond donors (Lipinski definition) is 0. The lowest BCUT2D eigenvalue weighted by Crippen LogP contribution is -2.35. The van der Waals surface area contributed by atoms with Gasteiger partial charge in [-0.25, -0.2) is 0 Å². The molecule has 38 heavy (non-hydrogen) atoms. The molecule has 0 heterocycles. The molecule has 0 aromatic heterocycles. The maximum absolute atomic E-state index is 5.96. The molecule has 0 unspecified atom stereocenters. The van der Waals surface area contributed by atoms with Crippen LogP contribution in [-0.2, 0) is 48.2 Å². The number of ether oxygens (including phenoxy) is 6. The van der Waals surface area contributed by atoms with Crippen LogP contribution in [0.3, 0.4) is 0 Å². The molecule has 0 amide bonds. The highest BCUT2D eigenvalue weighted by molar-refractivity contribution is 5.14. The first kappa shape index (κ1) is 30.0. The van der Waals surface area contributed by atoms with E-state index >= 15 is 0 Å². The second kappa shape index (κ2) is 18.6. The predicted molar refractivity (Wildman–Crippen MR) is 149 cm³/mol. The molecule has 0 aliphatic carbocycles. The largest absolute Gasteiger partial charge is 0.378 e. The van der Waals surface area contributed by atoms with Gasteiger partial charge in [-0.15, -0.1) is 0 Å². The average molecular weight is 523 g/mol. The van der Waals surface area contributed by atoms with E-state index in [2.05, 4.69) is 43.3 Å². The molecule has 0 aliphatic rings. The number of benzene rings is 3. The molecular weight excluding hydrogens is 480 g/mol. The quantitative estimate of drug-likeness (QED) is 0.168.